The van der Waals surface area contributed by atoms with Gasteiger partial charge in [-0.05, 0) is 24.3 Å². The molecule has 128 valence electrons. The van der Waals surface area contributed by atoms with Crippen molar-refractivity contribution in [3.63, 3.8) is 0 Å². The summed E-state index contributed by atoms with van der Waals surface area (Å²) in [6.07, 6.45) is 1.21. The van der Waals surface area contributed by atoms with Gasteiger partial charge in [-0.3, -0.25) is 9.69 Å². The lowest BCUT2D eigenvalue weighted by molar-refractivity contribution is -0.305. The van der Waals surface area contributed by atoms with Crippen LogP contribution in [0.15, 0.2) is 45.7 Å². The molecule has 1 amide bonds. The van der Waals surface area contributed by atoms with Crippen molar-refractivity contribution in [2.45, 2.75) is 6.42 Å². The fourth-order valence-electron chi connectivity index (χ4n) is 2.26. The van der Waals surface area contributed by atoms with Gasteiger partial charge < -0.3 is 14.3 Å². The molecule has 1 saturated heterocycles. The lowest BCUT2D eigenvalue weighted by Gasteiger charge is -2.14. The monoisotopic (exact) mass is 376 g/mol. The number of amides is 1. The van der Waals surface area contributed by atoms with Gasteiger partial charge in [0.05, 0.1) is 10.5 Å². The number of rotatable bonds is 5. The summed E-state index contributed by atoms with van der Waals surface area (Å²) in [7, 11) is 0. The van der Waals surface area contributed by atoms with E-state index in [9.17, 15) is 19.1 Å². The number of carboxylic acid groups (broad SMARTS) is 1. The van der Waals surface area contributed by atoms with Crippen molar-refractivity contribution >= 4 is 46.3 Å². The molecule has 1 aliphatic heterocycles. The highest BCUT2D eigenvalue weighted by molar-refractivity contribution is 8.26. The average molecular weight is 376 g/mol. The molecule has 0 saturated carbocycles. The van der Waals surface area contributed by atoms with Crippen LogP contribution in [-0.2, 0) is 9.59 Å². The molecule has 1 fully saturated rings. The van der Waals surface area contributed by atoms with Crippen LogP contribution in [-0.4, -0.2) is 27.6 Å². The Morgan fingerprint density at radius 2 is 2.08 bits per heavy atom. The lowest BCUT2D eigenvalue weighted by Crippen LogP contribution is -2.33. The Bertz CT molecular complexity index is 890. The van der Waals surface area contributed by atoms with Crippen molar-refractivity contribution in [2.24, 2.45) is 0 Å². The smallest absolute Gasteiger partial charge is 0.266 e. The molecular formula is C17H11FNO4S2-. The summed E-state index contributed by atoms with van der Waals surface area (Å²) in [5.74, 6) is -1.33. The van der Waals surface area contributed by atoms with Gasteiger partial charge in [0.15, 0.2) is 0 Å². The molecule has 0 spiro atoms. The molecule has 3 rings (SSSR count). The third-order valence-electron chi connectivity index (χ3n) is 3.45. The van der Waals surface area contributed by atoms with Crippen molar-refractivity contribution in [2.75, 3.05) is 6.54 Å². The van der Waals surface area contributed by atoms with Crippen molar-refractivity contribution in [3.8, 4) is 11.3 Å². The van der Waals surface area contributed by atoms with Crippen molar-refractivity contribution in [3.05, 3.63) is 52.9 Å². The Balaban J connectivity index is 1.80. The van der Waals surface area contributed by atoms with E-state index in [0.29, 0.717) is 22.0 Å². The maximum Gasteiger partial charge on any atom is 0.266 e. The summed E-state index contributed by atoms with van der Waals surface area (Å²) in [6.45, 7) is -0.0387. The molecule has 8 heteroatoms. The van der Waals surface area contributed by atoms with Gasteiger partial charge in [-0.15, -0.1) is 0 Å². The number of hydrogen-bond donors (Lipinski definition) is 0. The summed E-state index contributed by atoms with van der Waals surface area (Å²) in [5, 5.41) is 10.5. The van der Waals surface area contributed by atoms with E-state index in [2.05, 4.69) is 0 Å². The van der Waals surface area contributed by atoms with Crippen LogP contribution in [0.3, 0.4) is 0 Å². The zero-order chi connectivity index (χ0) is 18.0. The third kappa shape index (κ3) is 3.80. The maximum atomic E-state index is 13.8. The zero-order valence-electron chi connectivity index (χ0n) is 12.7. The van der Waals surface area contributed by atoms with Gasteiger partial charge in [0.2, 0.25) is 0 Å². The predicted molar refractivity (Wildman–Crippen MR) is 93.6 cm³/mol. The Hall–Kier alpha value is -2.45. The summed E-state index contributed by atoms with van der Waals surface area (Å²) < 4.78 is 19.7. The minimum absolute atomic E-state index is 0.0387. The summed E-state index contributed by atoms with van der Waals surface area (Å²) >= 11 is 6.15. The quantitative estimate of drug-likeness (QED) is 0.589. The van der Waals surface area contributed by atoms with E-state index in [1.807, 2.05) is 0 Å². The number of aliphatic carboxylic acids is 1. The minimum atomic E-state index is -1.25. The second-order valence-electron chi connectivity index (χ2n) is 5.14. The average Bonchev–Trinajstić information content (AvgIpc) is 3.12. The minimum Gasteiger partial charge on any atom is -0.550 e. The first-order chi connectivity index (χ1) is 12.0. The molecule has 2 heterocycles. The number of furan rings is 1. The molecule has 0 radical (unpaired) electrons. The van der Waals surface area contributed by atoms with Crippen LogP contribution in [0.25, 0.3) is 17.4 Å². The van der Waals surface area contributed by atoms with Crippen molar-refractivity contribution < 1.29 is 23.5 Å². The van der Waals surface area contributed by atoms with Crippen molar-refractivity contribution in [1.29, 1.82) is 0 Å². The topological polar surface area (TPSA) is 73.6 Å². The number of thiocarbonyl (C=S) groups is 1. The van der Waals surface area contributed by atoms with Gasteiger partial charge in [0.1, 0.15) is 21.7 Å². The molecular weight excluding hydrogens is 365 g/mol. The highest BCUT2D eigenvalue weighted by atomic mass is 32.2. The normalized spacial score (nSPS) is 16.0. The molecule has 5 nitrogen and oxygen atoms in total. The molecule has 0 aliphatic carbocycles. The Kier molecular flexibility index (Phi) is 5.00. The zero-order valence-corrected chi connectivity index (χ0v) is 14.4. The Morgan fingerprint density at radius 1 is 1.32 bits per heavy atom. The van der Waals surface area contributed by atoms with Crippen LogP contribution in [0.4, 0.5) is 4.39 Å². The number of benzene rings is 1. The predicted octanol–water partition coefficient (Wildman–Crippen LogP) is 2.43. The van der Waals surface area contributed by atoms with E-state index in [0.717, 1.165) is 11.8 Å². The first kappa shape index (κ1) is 17.4. The van der Waals surface area contributed by atoms with Crippen LogP contribution in [0, 0.1) is 5.82 Å². The van der Waals surface area contributed by atoms with E-state index >= 15 is 0 Å². The molecule has 0 N–H and O–H groups in total. The number of halogens is 1. The first-order valence-corrected chi connectivity index (χ1v) is 8.48. The SMILES string of the molecule is O=C([O-])CCN1C(=O)/C(=C/c2ccc(-c3ccccc3F)o2)SC1=S. The number of hydrogen-bond acceptors (Lipinski definition) is 6. The fraction of sp³-hybridized carbons (Fsp3) is 0.118. The van der Waals surface area contributed by atoms with Gasteiger partial charge in [-0.25, -0.2) is 4.39 Å². The highest BCUT2D eigenvalue weighted by Crippen LogP contribution is 2.33. The molecule has 0 atom stereocenters. The van der Waals surface area contributed by atoms with Gasteiger partial charge in [-0.1, -0.05) is 36.1 Å². The number of carbonyl (C=O) groups is 2. The first-order valence-electron chi connectivity index (χ1n) is 7.25. The Morgan fingerprint density at radius 3 is 2.80 bits per heavy atom. The van der Waals surface area contributed by atoms with Gasteiger partial charge in [-0.2, -0.15) is 0 Å². The molecule has 1 aromatic heterocycles. The van der Waals surface area contributed by atoms with Crippen molar-refractivity contribution in [1.82, 2.24) is 4.90 Å². The van der Waals surface area contributed by atoms with E-state index in [4.69, 9.17) is 16.6 Å². The van der Waals surface area contributed by atoms with E-state index in [-0.39, 0.29) is 23.2 Å². The molecule has 1 aromatic carbocycles. The van der Waals surface area contributed by atoms with Gasteiger partial charge >= 0.3 is 0 Å². The molecule has 0 unspecified atom stereocenters. The largest absolute Gasteiger partial charge is 0.550 e. The van der Waals surface area contributed by atoms with E-state index in [1.165, 1.54) is 17.0 Å². The number of carboxylic acids is 1. The lowest BCUT2D eigenvalue weighted by atomic mass is 10.1. The van der Waals surface area contributed by atoms with Crippen LogP contribution < -0.4 is 5.11 Å². The third-order valence-corrected chi connectivity index (χ3v) is 4.83. The standard InChI is InChI=1S/C17H12FNO4S2/c18-12-4-2-1-3-11(12)13-6-5-10(23-13)9-14-16(22)19(17(24)25-14)8-7-15(20)21/h1-6,9H,7-8H2,(H,20,21)/p-1/b14-9-. The number of thioether (sulfide) groups is 1. The Labute approximate surface area is 152 Å². The molecule has 1 aliphatic rings. The molecule has 2 aromatic rings. The highest BCUT2D eigenvalue weighted by Gasteiger charge is 2.31. The van der Waals surface area contributed by atoms with Crippen LogP contribution in [0.1, 0.15) is 12.2 Å². The summed E-state index contributed by atoms with van der Waals surface area (Å²) in [5.41, 5.74) is 0.323. The second kappa shape index (κ2) is 7.20. The molecule has 0 bridgehead atoms. The number of nitrogens with zero attached hydrogens (tertiary/aromatic N) is 1. The van der Waals surface area contributed by atoms with Crippen LogP contribution in [0.5, 0.6) is 0 Å². The van der Waals surface area contributed by atoms with E-state index < -0.39 is 11.8 Å². The fourth-order valence-corrected chi connectivity index (χ4v) is 3.55. The second-order valence-corrected chi connectivity index (χ2v) is 6.81. The van der Waals surface area contributed by atoms with Crippen LogP contribution in [0.2, 0.25) is 0 Å². The van der Waals surface area contributed by atoms with Gasteiger partial charge in [0, 0.05) is 25.0 Å². The van der Waals surface area contributed by atoms with E-state index in [1.54, 1.807) is 30.3 Å². The van der Waals surface area contributed by atoms with Gasteiger partial charge in [0.25, 0.3) is 5.91 Å². The van der Waals surface area contributed by atoms with Crippen LogP contribution >= 0.6 is 24.0 Å². The summed E-state index contributed by atoms with van der Waals surface area (Å²) in [6, 6.07) is 9.44. The maximum absolute atomic E-state index is 13.8. The summed E-state index contributed by atoms with van der Waals surface area (Å²) in [4.78, 5) is 24.4. The number of carbonyl (C=O) groups excluding carboxylic acids is 2. The molecule has 25 heavy (non-hydrogen) atoms.